The highest BCUT2D eigenvalue weighted by Gasteiger charge is 2.25. The molecule has 0 saturated carbocycles. The highest BCUT2D eigenvalue weighted by atomic mass is 79.9. The fourth-order valence-corrected chi connectivity index (χ4v) is 4.52. The van der Waals surface area contributed by atoms with Crippen LogP contribution in [0.15, 0.2) is 46.9 Å². The number of amides is 2. The van der Waals surface area contributed by atoms with E-state index in [4.69, 9.17) is 0 Å². The number of nitrogens with one attached hydrogen (secondary N) is 1. The molecule has 2 aromatic rings. The average molecular weight is 456 g/mol. The zero-order valence-corrected chi connectivity index (χ0v) is 18.1. The average Bonchev–Trinajstić information content (AvgIpc) is 3.29. The number of nitrogens with zero attached hydrogens (tertiary/aromatic N) is 2. The number of halogens is 1. The molecule has 0 aromatic heterocycles. The molecule has 29 heavy (non-hydrogen) atoms. The number of hydrogen-bond acceptors (Lipinski definition) is 3. The number of anilines is 2. The summed E-state index contributed by atoms with van der Waals surface area (Å²) in [6.07, 6.45) is 5.66. The summed E-state index contributed by atoms with van der Waals surface area (Å²) in [4.78, 5) is 30.1. The Hall–Kier alpha value is -2.34. The topological polar surface area (TPSA) is 52.7 Å². The summed E-state index contributed by atoms with van der Waals surface area (Å²) >= 11 is 3.40. The largest absolute Gasteiger partial charge is 0.371 e. The van der Waals surface area contributed by atoms with Crippen molar-refractivity contribution >= 4 is 39.1 Å². The SMILES string of the molecule is O=C(Nc1ccc(N2CCCCC2)c(C(=O)N2CCCC2)c1)c1cccc(Br)c1. The summed E-state index contributed by atoms with van der Waals surface area (Å²) in [5.74, 6) is -0.113. The predicted molar refractivity (Wildman–Crippen MR) is 120 cm³/mol. The molecule has 2 aromatic carbocycles. The van der Waals surface area contributed by atoms with Crippen molar-refractivity contribution in [2.45, 2.75) is 32.1 Å². The van der Waals surface area contributed by atoms with E-state index in [1.54, 1.807) is 12.1 Å². The molecule has 2 aliphatic heterocycles. The molecular weight excluding hydrogens is 430 g/mol. The summed E-state index contributed by atoms with van der Waals surface area (Å²) in [5.41, 5.74) is 2.91. The van der Waals surface area contributed by atoms with Gasteiger partial charge in [-0.05, 0) is 68.5 Å². The molecule has 0 spiro atoms. The van der Waals surface area contributed by atoms with Crippen LogP contribution < -0.4 is 10.2 Å². The van der Waals surface area contributed by atoms with Gasteiger partial charge in [0.25, 0.3) is 11.8 Å². The van der Waals surface area contributed by atoms with Gasteiger partial charge in [-0.2, -0.15) is 0 Å². The maximum atomic E-state index is 13.2. The molecule has 5 nitrogen and oxygen atoms in total. The van der Waals surface area contributed by atoms with Crippen molar-refractivity contribution in [2.75, 3.05) is 36.4 Å². The lowest BCUT2D eigenvalue weighted by atomic mass is 10.0. The normalized spacial score (nSPS) is 16.7. The molecule has 6 heteroatoms. The van der Waals surface area contributed by atoms with Crippen LogP contribution >= 0.6 is 15.9 Å². The molecule has 0 radical (unpaired) electrons. The molecule has 2 fully saturated rings. The van der Waals surface area contributed by atoms with Crippen LogP contribution in [-0.4, -0.2) is 42.9 Å². The van der Waals surface area contributed by atoms with Crippen molar-refractivity contribution in [1.82, 2.24) is 4.90 Å². The molecule has 2 aliphatic rings. The maximum absolute atomic E-state index is 13.2. The number of hydrogen-bond donors (Lipinski definition) is 1. The molecule has 2 amide bonds. The molecule has 0 bridgehead atoms. The van der Waals surface area contributed by atoms with E-state index < -0.39 is 0 Å². The first-order valence-corrected chi connectivity index (χ1v) is 11.2. The Morgan fingerprint density at radius 2 is 1.59 bits per heavy atom. The highest BCUT2D eigenvalue weighted by Crippen LogP contribution is 2.29. The number of benzene rings is 2. The van der Waals surface area contributed by atoms with E-state index >= 15 is 0 Å². The summed E-state index contributed by atoms with van der Waals surface area (Å²) in [7, 11) is 0. The molecular formula is C23H26BrN3O2. The number of carbonyl (C=O) groups is 2. The van der Waals surface area contributed by atoms with E-state index in [2.05, 4.69) is 26.1 Å². The van der Waals surface area contributed by atoms with Gasteiger partial charge in [-0.25, -0.2) is 0 Å². The second-order valence-electron chi connectivity index (χ2n) is 7.74. The van der Waals surface area contributed by atoms with E-state index in [0.717, 1.165) is 62.0 Å². The fraction of sp³-hybridized carbons (Fsp3) is 0.391. The zero-order valence-electron chi connectivity index (χ0n) is 16.5. The molecule has 4 rings (SSSR count). The Kier molecular flexibility index (Phi) is 6.19. The minimum atomic E-state index is -0.184. The monoisotopic (exact) mass is 455 g/mol. The van der Waals surface area contributed by atoms with Crippen molar-refractivity contribution in [3.8, 4) is 0 Å². The van der Waals surface area contributed by atoms with Gasteiger partial charge in [-0.3, -0.25) is 9.59 Å². The number of rotatable bonds is 4. The number of likely N-dealkylation sites (tertiary alicyclic amines) is 1. The van der Waals surface area contributed by atoms with Crippen molar-refractivity contribution in [2.24, 2.45) is 0 Å². The van der Waals surface area contributed by atoms with Crippen LogP contribution in [-0.2, 0) is 0 Å². The first-order valence-electron chi connectivity index (χ1n) is 10.4. The van der Waals surface area contributed by atoms with Crippen molar-refractivity contribution in [3.05, 3.63) is 58.1 Å². The third kappa shape index (κ3) is 4.64. The van der Waals surface area contributed by atoms with E-state index in [0.29, 0.717) is 16.8 Å². The molecule has 1 N–H and O–H groups in total. The number of carbonyl (C=O) groups excluding carboxylic acids is 2. The lowest BCUT2D eigenvalue weighted by Crippen LogP contribution is -2.34. The Balaban J connectivity index is 1.62. The van der Waals surface area contributed by atoms with Gasteiger partial charge in [-0.15, -0.1) is 0 Å². The van der Waals surface area contributed by atoms with E-state index in [1.165, 1.54) is 6.42 Å². The summed E-state index contributed by atoms with van der Waals surface area (Å²) in [6.45, 7) is 3.58. The van der Waals surface area contributed by atoms with Gasteiger partial charge >= 0.3 is 0 Å². The Morgan fingerprint density at radius 3 is 2.31 bits per heavy atom. The van der Waals surface area contributed by atoms with E-state index in [1.807, 2.05) is 35.2 Å². The zero-order chi connectivity index (χ0) is 20.2. The smallest absolute Gasteiger partial charge is 0.256 e. The van der Waals surface area contributed by atoms with Crippen molar-refractivity contribution < 1.29 is 9.59 Å². The van der Waals surface area contributed by atoms with Gasteiger partial charge in [0, 0.05) is 47.6 Å². The third-order valence-electron chi connectivity index (χ3n) is 5.66. The molecule has 2 heterocycles. The van der Waals surface area contributed by atoms with Crippen LogP contribution in [0.5, 0.6) is 0 Å². The Labute approximate surface area is 180 Å². The fourth-order valence-electron chi connectivity index (χ4n) is 4.12. The summed E-state index contributed by atoms with van der Waals surface area (Å²) < 4.78 is 0.857. The lowest BCUT2D eigenvalue weighted by molar-refractivity contribution is 0.0793. The highest BCUT2D eigenvalue weighted by molar-refractivity contribution is 9.10. The van der Waals surface area contributed by atoms with Gasteiger partial charge in [0.05, 0.1) is 5.56 Å². The Morgan fingerprint density at radius 1 is 0.862 bits per heavy atom. The van der Waals surface area contributed by atoms with Crippen LogP contribution in [0.2, 0.25) is 0 Å². The van der Waals surface area contributed by atoms with Crippen LogP contribution in [0.4, 0.5) is 11.4 Å². The predicted octanol–water partition coefficient (Wildman–Crippen LogP) is 4.93. The summed E-state index contributed by atoms with van der Waals surface area (Å²) in [6, 6.07) is 13.0. The third-order valence-corrected chi connectivity index (χ3v) is 6.15. The van der Waals surface area contributed by atoms with Gasteiger partial charge in [0.15, 0.2) is 0 Å². The molecule has 2 saturated heterocycles. The minimum absolute atomic E-state index is 0.0710. The molecule has 0 aliphatic carbocycles. The first-order chi connectivity index (χ1) is 14.1. The van der Waals surface area contributed by atoms with Crippen molar-refractivity contribution in [1.29, 1.82) is 0 Å². The van der Waals surface area contributed by atoms with Crippen LogP contribution in [0.25, 0.3) is 0 Å². The molecule has 152 valence electrons. The lowest BCUT2D eigenvalue weighted by Gasteiger charge is -2.31. The van der Waals surface area contributed by atoms with Gasteiger partial charge in [0.2, 0.25) is 0 Å². The van der Waals surface area contributed by atoms with E-state index in [-0.39, 0.29) is 11.8 Å². The van der Waals surface area contributed by atoms with Crippen molar-refractivity contribution in [3.63, 3.8) is 0 Å². The quantitative estimate of drug-likeness (QED) is 0.710. The van der Waals surface area contributed by atoms with E-state index in [9.17, 15) is 9.59 Å². The minimum Gasteiger partial charge on any atom is -0.371 e. The molecule has 0 unspecified atom stereocenters. The first kappa shape index (κ1) is 20.0. The second kappa shape index (κ2) is 8.99. The standard InChI is InChI=1S/C23H26BrN3O2/c24-18-8-6-7-17(15-18)22(28)25-19-9-10-21(26-11-2-1-3-12-26)20(16-19)23(29)27-13-4-5-14-27/h6-10,15-16H,1-5,11-14H2,(H,25,28). The van der Waals surface area contributed by atoms with Crippen LogP contribution in [0, 0.1) is 0 Å². The second-order valence-corrected chi connectivity index (χ2v) is 8.66. The van der Waals surface area contributed by atoms with Gasteiger partial charge < -0.3 is 15.1 Å². The Bertz CT molecular complexity index is 903. The summed E-state index contributed by atoms with van der Waals surface area (Å²) in [5, 5.41) is 2.95. The van der Waals surface area contributed by atoms with Crippen LogP contribution in [0.3, 0.4) is 0 Å². The van der Waals surface area contributed by atoms with Crippen LogP contribution in [0.1, 0.15) is 52.8 Å². The van der Waals surface area contributed by atoms with Gasteiger partial charge in [-0.1, -0.05) is 22.0 Å². The maximum Gasteiger partial charge on any atom is 0.256 e. The number of piperidine rings is 1. The molecule has 0 atom stereocenters. The van der Waals surface area contributed by atoms with Gasteiger partial charge in [0.1, 0.15) is 0 Å².